The number of rotatable bonds is 2. The normalized spacial score (nSPS) is 9.62. The zero-order valence-corrected chi connectivity index (χ0v) is 5.79. The molecule has 0 aliphatic carbocycles. The Balaban J connectivity index is 2.50. The van der Waals surface area contributed by atoms with E-state index in [1.807, 2.05) is 6.07 Å². The van der Waals surface area contributed by atoms with Crippen molar-refractivity contribution < 1.29 is 0 Å². The first-order valence-electron chi connectivity index (χ1n) is 2.87. The van der Waals surface area contributed by atoms with Crippen molar-refractivity contribution in [2.24, 2.45) is 0 Å². The first-order valence-corrected chi connectivity index (χ1v) is 3.75. The van der Waals surface area contributed by atoms with E-state index >= 15 is 0 Å². The molecule has 0 aliphatic rings. The van der Waals surface area contributed by atoms with Crippen LogP contribution in [0.1, 0.15) is 18.2 Å². The van der Waals surface area contributed by atoms with Gasteiger partial charge in [0.25, 0.3) is 0 Å². The maximum Gasteiger partial charge on any atom is 0.0124 e. The standard InChI is InChI=1S/C7H9S/c1-2-4-7-5-3-6-8-7/h3,6H,2,4H2,1H3. The predicted molar refractivity (Wildman–Crippen MR) is 37.2 cm³/mol. The Kier molecular flexibility index (Phi) is 2.10. The largest absolute Gasteiger partial charge is 0.148 e. The number of thiophene rings is 1. The highest BCUT2D eigenvalue weighted by Gasteiger charge is 1.87. The van der Waals surface area contributed by atoms with Gasteiger partial charge in [0, 0.05) is 4.88 Å². The van der Waals surface area contributed by atoms with Gasteiger partial charge < -0.3 is 0 Å². The molecule has 0 saturated carbocycles. The van der Waals surface area contributed by atoms with Crippen LogP contribution in [0.5, 0.6) is 0 Å². The summed E-state index contributed by atoms with van der Waals surface area (Å²) in [5, 5.41) is 2.07. The van der Waals surface area contributed by atoms with E-state index in [9.17, 15) is 0 Å². The Morgan fingerprint density at radius 3 is 3.12 bits per heavy atom. The van der Waals surface area contributed by atoms with Gasteiger partial charge in [-0.15, -0.1) is 11.3 Å². The van der Waals surface area contributed by atoms with E-state index < -0.39 is 0 Å². The zero-order chi connectivity index (χ0) is 5.82. The molecule has 8 heavy (non-hydrogen) atoms. The molecule has 1 radical (unpaired) electrons. The van der Waals surface area contributed by atoms with Gasteiger partial charge in [-0.2, -0.15) is 0 Å². The van der Waals surface area contributed by atoms with Crippen LogP contribution in [-0.4, -0.2) is 0 Å². The summed E-state index contributed by atoms with van der Waals surface area (Å²) in [5.74, 6) is 0. The molecule has 1 heterocycles. The highest BCUT2D eigenvalue weighted by atomic mass is 32.1. The number of hydrogen-bond donors (Lipinski definition) is 0. The lowest BCUT2D eigenvalue weighted by Crippen LogP contribution is -1.72. The average Bonchev–Trinajstić information content (AvgIpc) is 2.19. The summed E-state index contributed by atoms with van der Waals surface area (Å²) in [7, 11) is 0. The molecule has 0 N–H and O–H groups in total. The van der Waals surface area contributed by atoms with E-state index in [1.54, 1.807) is 11.3 Å². The molecule has 1 rings (SSSR count). The molecule has 1 aromatic rings. The molecule has 1 aromatic heterocycles. The first-order chi connectivity index (χ1) is 3.93. The van der Waals surface area contributed by atoms with Crippen LogP contribution >= 0.6 is 11.3 Å². The number of aryl methyl sites for hydroxylation is 1. The Labute approximate surface area is 54.2 Å². The fraction of sp³-hybridized carbons (Fsp3) is 0.429. The maximum atomic E-state index is 3.16. The molecule has 0 atom stereocenters. The van der Waals surface area contributed by atoms with Gasteiger partial charge in [0.2, 0.25) is 0 Å². The quantitative estimate of drug-likeness (QED) is 0.569. The SMILES string of the molecule is CCCc1[c]ccs1. The topological polar surface area (TPSA) is 0 Å². The van der Waals surface area contributed by atoms with E-state index in [1.165, 1.54) is 17.7 Å². The lowest BCUT2D eigenvalue weighted by atomic mass is 10.3. The van der Waals surface area contributed by atoms with Gasteiger partial charge in [-0.3, -0.25) is 0 Å². The van der Waals surface area contributed by atoms with Gasteiger partial charge in [-0.1, -0.05) is 13.3 Å². The molecule has 0 spiro atoms. The van der Waals surface area contributed by atoms with E-state index in [-0.39, 0.29) is 0 Å². The Bertz CT molecular complexity index is 130. The van der Waals surface area contributed by atoms with Crippen molar-refractivity contribution in [3.63, 3.8) is 0 Å². The third-order valence-corrected chi connectivity index (χ3v) is 1.88. The van der Waals surface area contributed by atoms with E-state index in [0.717, 1.165) is 0 Å². The zero-order valence-electron chi connectivity index (χ0n) is 4.98. The van der Waals surface area contributed by atoms with Crippen molar-refractivity contribution in [3.05, 3.63) is 22.4 Å². The van der Waals surface area contributed by atoms with Crippen molar-refractivity contribution in [2.45, 2.75) is 19.8 Å². The molecular formula is C7H9S. The summed E-state index contributed by atoms with van der Waals surface area (Å²) in [6, 6.07) is 5.14. The predicted octanol–water partition coefficient (Wildman–Crippen LogP) is 2.50. The average molecular weight is 125 g/mol. The second-order valence-electron chi connectivity index (χ2n) is 1.74. The molecular weight excluding hydrogens is 116 g/mol. The lowest BCUT2D eigenvalue weighted by Gasteiger charge is -1.85. The minimum Gasteiger partial charge on any atom is -0.148 e. The van der Waals surface area contributed by atoms with Gasteiger partial charge in [0.1, 0.15) is 0 Å². The maximum absolute atomic E-state index is 3.16. The molecule has 0 saturated heterocycles. The summed E-state index contributed by atoms with van der Waals surface area (Å²) in [6.45, 7) is 2.19. The molecule has 0 bridgehead atoms. The van der Waals surface area contributed by atoms with Crippen LogP contribution in [-0.2, 0) is 6.42 Å². The Hall–Kier alpha value is -0.300. The van der Waals surface area contributed by atoms with Gasteiger partial charge in [0.05, 0.1) is 0 Å². The van der Waals surface area contributed by atoms with E-state index in [2.05, 4.69) is 18.4 Å². The van der Waals surface area contributed by atoms with Crippen LogP contribution in [0, 0.1) is 6.07 Å². The van der Waals surface area contributed by atoms with E-state index in [0.29, 0.717) is 0 Å². The smallest absolute Gasteiger partial charge is 0.0124 e. The van der Waals surface area contributed by atoms with E-state index in [4.69, 9.17) is 0 Å². The molecule has 43 valence electrons. The van der Waals surface area contributed by atoms with Gasteiger partial charge >= 0.3 is 0 Å². The van der Waals surface area contributed by atoms with Crippen LogP contribution < -0.4 is 0 Å². The summed E-state index contributed by atoms with van der Waals surface area (Å²) in [6.07, 6.45) is 2.43. The van der Waals surface area contributed by atoms with Crippen molar-refractivity contribution in [1.29, 1.82) is 0 Å². The summed E-state index contributed by atoms with van der Waals surface area (Å²) in [4.78, 5) is 1.38. The molecule has 0 fully saturated rings. The van der Waals surface area contributed by atoms with Crippen LogP contribution in [0.2, 0.25) is 0 Å². The fourth-order valence-electron chi connectivity index (χ4n) is 0.635. The van der Waals surface area contributed by atoms with Crippen LogP contribution in [0.15, 0.2) is 11.4 Å². The third-order valence-electron chi connectivity index (χ3n) is 1.000. The summed E-state index contributed by atoms with van der Waals surface area (Å²) >= 11 is 1.79. The van der Waals surface area contributed by atoms with Crippen molar-refractivity contribution >= 4 is 11.3 Å². The minimum atomic E-state index is 1.19. The highest BCUT2D eigenvalue weighted by Crippen LogP contribution is 2.08. The van der Waals surface area contributed by atoms with Crippen LogP contribution in [0.4, 0.5) is 0 Å². The Morgan fingerprint density at radius 1 is 1.75 bits per heavy atom. The number of hydrogen-bond acceptors (Lipinski definition) is 1. The monoisotopic (exact) mass is 125 g/mol. The van der Waals surface area contributed by atoms with Crippen molar-refractivity contribution in [1.82, 2.24) is 0 Å². The van der Waals surface area contributed by atoms with Gasteiger partial charge in [-0.05, 0) is 23.9 Å². The second-order valence-corrected chi connectivity index (χ2v) is 2.74. The Morgan fingerprint density at radius 2 is 2.62 bits per heavy atom. The molecule has 0 aromatic carbocycles. The molecule has 1 heteroatoms. The minimum absolute atomic E-state index is 1.19. The lowest BCUT2D eigenvalue weighted by molar-refractivity contribution is 0.939. The highest BCUT2D eigenvalue weighted by molar-refractivity contribution is 7.09. The van der Waals surface area contributed by atoms with Gasteiger partial charge in [0.15, 0.2) is 0 Å². The summed E-state index contributed by atoms with van der Waals surface area (Å²) < 4.78 is 0. The first kappa shape index (κ1) is 5.83. The molecule has 0 aliphatic heterocycles. The molecule has 0 nitrogen and oxygen atoms in total. The van der Waals surface area contributed by atoms with Crippen LogP contribution in [0.3, 0.4) is 0 Å². The fourth-order valence-corrected chi connectivity index (χ4v) is 1.39. The second kappa shape index (κ2) is 2.88. The summed E-state index contributed by atoms with van der Waals surface area (Å²) in [5.41, 5.74) is 0. The third kappa shape index (κ3) is 1.34. The van der Waals surface area contributed by atoms with Crippen molar-refractivity contribution in [2.75, 3.05) is 0 Å². The van der Waals surface area contributed by atoms with Gasteiger partial charge in [-0.25, -0.2) is 0 Å². The molecule has 0 unspecified atom stereocenters. The van der Waals surface area contributed by atoms with Crippen LogP contribution in [0.25, 0.3) is 0 Å². The molecule has 0 amide bonds. The van der Waals surface area contributed by atoms with Crippen molar-refractivity contribution in [3.8, 4) is 0 Å².